The minimum absolute atomic E-state index is 0.00181. The van der Waals surface area contributed by atoms with Crippen LogP contribution >= 0.6 is 11.6 Å². The van der Waals surface area contributed by atoms with Gasteiger partial charge in [-0.15, -0.1) is 0 Å². The van der Waals surface area contributed by atoms with Crippen LogP contribution in [0.5, 0.6) is 0 Å². The van der Waals surface area contributed by atoms with Gasteiger partial charge in [0.2, 0.25) is 5.91 Å². The zero-order chi connectivity index (χ0) is 19.6. The highest BCUT2D eigenvalue weighted by Gasteiger charge is 2.41. The van der Waals surface area contributed by atoms with Gasteiger partial charge in [0.25, 0.3) is 0 Å². The number of piperazine rings is 1. The van der Waals surface area contributed by atoms with Crippen molar-refractivity contribution >= 4 is 17.5 Å². The molecule has 0 radical (unpaired) electrons. The Bertz CT molecular complexity index is 617. The highest BCUT2D eigenvalue weighted by Crippen LogP contribution is 2.44. The zero-order valence-corrected chi connectivity index (χ0v) is 18.0. The fourth-order valence-corrected chi connectivity index (χ4v) is 4.59. The number of carbonyl (C=O) groups excluding carboxylic acids is 1. The van der Waals surface area contributed by atoms with E-state index < -0.39 is 0 Å². The molecule has 1 aromatic rings. The molecule has 3 unspecified atom stereocenters. The number of hydrogen-bond acceptors (Lipinski definition) is 3. The third kappa shape index (κ3) is 5.24. The van der Waals surface area contributed by atoms with E-state index in [4.69, 9.17) is 11.6 Å². The first kappa shape index (κ1) is 20.6. The number of benzene rings is 1. The van der Waals surface area contributed by atoms with Crippen LogP contribution in [-0.4, -0.2) is 73.0 Å². The molecule has 150 valence electrons. The summed E-state index contributed by atoms with van der Waals surface area (Å²) < 4.78 is 0. The van der Waals surface area contributed by atoms with Crippen LogP contribution < -0.4 is 0 Å². The Hall–Kier alpha value is -1.10. The second kappa shape index (κ2) is 8.93. The molecule has 1 aliphatic heterocycles. The minimum atomic E-state index is 0.00181. The molecule has 3 atom stereocenters. The Kier molecular flexibility index (Phi) is 6.83. The van der Waals surface area contributed by atoms with Crippen molar-refractivity contribution in [1.29, 1.82) is 0 Å². The monoisotopic (exact) mass is 391 g/mol. The summed E-state index contributed by atoms with van der Waals surface area (Å²) in [6.45, 7) is 8.41. The van der Waals surface area contributed by atoms with E-state index in [1.165, 1.54) is 6.42 Å². The van der Waals surface area contributed by atoms with Gasteiger partial charge in [0.1, 0.15) is 0 Å². The van der Waals surface area contributed by atoms with Crippen LogP contribution in [0.2, 0.25) is 5.02 Å². The number of carbonyl (C=O) groups is 1. The topological polar surface area (TPSA) is 26.8 Å². The van der Waals surface area contributed by atoms with E-state index in [0.717, 1.165) is 49.6 Å². The van der Waals surface area contributed by atoms with E-state index in [9.17, 15) is 4.79 Å². The van der Waals surface area contributed by atoms with Gasteiger partial charge in [0, 0.05) is 36.7 Å². The lowest BCUT2D eigenvalue weighted by Gasteiger charge is -2.45. The van der Waals surface area contributed by atoms with Gasteiger partial charge in [-0.2, -0.15) is 0 Å². The lowest BCUT2D eigenvalue weighted by Crippen LogP contribution is -2.59. The summed E-state index contributed by atoms with van der Waals surface area (Å²) in [5, 5.41) is 0.731. The Morgan fingerprint density at radius 1 is 1.15 bits per heavy atom. The molecule has 1 aliphatic carbocycles. The zero-order valence-electron chi connectivity index (χ0n) is 17.2. The molecule has 0 aromatic heterocycles. The third-order valence-corrected chi connectivity index (χ3v) is 6.28. The van der Waals surface area contributed by atoms with E-state index in [1.54, 1.807) is 0 Å². The first-order valence-corrected chi connectivity index (χ1v) is 10.7. The summed E-state index contributed by atoms with van der Waals surface area (Å²) in [5.74, 6) is 0.816. The Balaban J connectivity index is 1.65. The maximum Gasteiger partial charge on any atom is 0.230 e. The van der Waals surface area contributed by atoms with Crippen molar-refractivity contribution in [2.45, 2.75) is 51.1 Å². The molecule has 1 aromatic carbocycles. The summed E-state index contributed by atoms with van der Waals surface area (Å²) in [7, 11) is 4.25. The lowest BCUT2D eigenvalue weighted by atomic mass is 9.91. The van der Waals surface area contributed by atoms with Gasteiger partial charge < -0.3 is 9.80 Å². The number of nitrogens with zero attached hydrogens (tertiary/aromatic N) is 3. The SMILES string of the molecule is CC1CN(C(=O)C(c2ccc(Cl)cc2)C2CC2)CC(C)N1CCCN(C)C. The van der Waals surface area contributed by atoms with Gasteiger partial charge in [-0.05, 0) is 77.4 Å². The summed E-state index contributed by atoms with van der Waals surface area (Å²) in [4.78, 5) is 20.4. The summed E-state index contributed by atoms with van der Waals surface area (Å²) in [6, 6.07) is 8.71. The van der Waals surface area contributed by atoms with Gasteiger partial charge in [0.05, 0.1) is 5.92 Å². The molecule has 0 bridgehead atoms. The molecule has 2 aliphatic rings. The normalized spacial score (nSPS) is 25.0. The minimum Gasteiger partial charge on any atom is -0.339 e. The highest BCUT2D eigenvalue weighted by molar-refractivity contribution is 6.30. The highest BCUT2D eigenvalue weighted by atomic mass is 35.5. The summed E-state index contributed by atoms with van der Waals surface area (Å²) in [5.41, 5.74) is 1.13. The van der Waals surface area contributed by atoms with Crippen molar-refractivity contribution in [3.63, 3.8) is 0 Å². The molecule has 0 N–H and O–H groups in total. The van der Waals surface area contributed by atoms with Crippen molar-refractivity contribution in [2.24, 2.45) is 5.92 Å². The second-order valence-electron chi connectivity index (χ2n) is 8.70. The van der Waals surface area contributed by atoms with Crippen LogP contribution in [0.15, 0.2) is 24.3 Å². The Morgan fingerprint density at radius 2 is 1.74 bits per heavy atom. The largest absolute Gasteiger partial charge is 0.339 e. The number of halogens is 1. The molecule has 1 heterocycles. The smallest absolute Gasteiger partial charge is 0.230 e. The molecule has 27 heavy (non-hydrogen) atoms. The van der Waals surface area contributed by atoms with Crippen molar-refractivity contribution in [3.05, 3.63) is 34.9 Å². The lowest BCUT2D eigenvalue weighted by molar-refractivity contribution is -0.137. The van der Waals surface area contributed by atoms with Crippen LogP contribution in [-0.2, 0) is 4.79 Å². The van der Waals surface area contributed by atoms with Gasteiger partial charge in [-0.1, -0.05) is 23.7 Å². The number of rotatable bonds is 7. The predicted octanol–water partition coefficient (Wildman–Crippen LogP) is 3.71. The molecular formula is C22H34ClN3O. The maximum atomic E-state index is 13.4. The second-order valence-corrected chi connectivity index (χ2v) is 9.14. The fourth-order valence-electron chi connectivity index (χ4n) is 4.46. The first-order chi connectivity index (χ1) is 12.9. The average molecular weight is 392 g/mol. The predicted molar refractivity (Wildman–Crippen MR) is 112 cm³/mol. The van der Waals surface area contributed by atoms with Gasteiger partial charge in [-0.25, -0.2) is 0 Å². The van der Waals surface area contributed by atoms with Gasteiger partial charge in [-0.3, -0.25) is 9.69 Å². The van der Waals surface area contributed by atoms with Crippen LogP contribution in [0.25, 0.3) is 0 Å². The van der Waals surface area contributed by atoms with Crippen LogP contribution in [0.4, 0.5) is 0 Å². The van der Waals surface area contributed by atoms with Crippen molar-refractivity contribution in [1.82, 2.24) is 14.7 Å². The van der Waals surface area contributed by atoms with E-state index >= 15 is 0 Å². The van der Waals surface area contributed by atoms with E-state index in [1.807, 2.05) is 24.3 Å². The third-order valence-electron chi connectivity index (χ3n) is 6.02. The van der Waals surface area contributed by atoms with Crippen LogP contribution in [0.1, 0.15) is 44.6 Å². The molecule has 4 nitrogen and oxygen atoms in total. The molecule has 0 spiro atoms. The quantitative estimate of drug-likeness (QED) is 0.708. The van der Waals surface area contributed by atoms with Crippen LogP contribution in [0.3, 0.4) is 0 Å². The molecule has 2 fully saturated rings. The fraction of sp³-hybridized carbons (Fsp3) is 0.682. The molecule has 1 amide bonds. The molecular weight excluding hydrogens is 358 g/mol. The summed E-state index contributed by atoms with van der Waals surface area (Å²) >= 11 is 6.05. The van der Waals surface area contributed by atoms with E-state index in [0.29, 0.717) is 23.9 Å². The van der Waals surface area contributed by atoms with Crippen molar-refractivity contribution in [2.75, 3.05) is 40.3 Å². The maximum absolute atomic E-state index is 13.4. The Morgan fingerprint density at radius 3 is 2.26 bits per heavy atom. The summed E-state index contributed by atoms with van der Waals surface area (Å²) in [6.07, 6.45) is 3.49. The first-order valence-electron chi connectivity index (χ1n) is 10.3. The van der Waals surface area contributed by atoms with Gasteiger partial charge in [0.15, 0.2) is 0 Å². The Labute approximate surface area is 169 Å². The molecule has 3 rings (SSSR count). The molecule has 1 saturated carbocycles. The number of hydrogen-bond donors (Lipinski definition) is 0. The number of amides is 1. The van der Waals surface area contributed by atoms with Crippen molar-refractivity contribution < 1.29 is 4.79 Å². The average Bonchev–Trinajstić information content (AvgIpc) is 3.43. The van der Waals surface area contributed by atoms with E-state index in [-0.39, 0.29) is 5.92 Å². The van der Waals surface area contributed by atoms with Crippen LogP contribution in [0, 0.1) is 5.92 Å². The molecule has 1 saturated heterocycles. The standard InChI is InChI=1S/C22H34ClN3O/c1-16-14-25(15-17(2)26(16)13-5-12-24(3)4)22(27)21(18-6-7-18)19-8-10-20(23)11-9-19/h8-11,16-18,21H,5-7,12-15H2,1-4H3. The molecule has 5 heteroatoms. The van der Waals surface area contributed by atoms with Gasteiger partial charge >= 0.3 is 0 Å². The van der Waals surface area contributed by atoms with Crippen molar-refractivity contribution in [3.8, 4) is 0 Å². The van der Waals surface area contributed by atoms with E-state index in [2.05, 4.69) is 42.6 Å².